The van der Waals surface area contributed by atoms with Crippen molar-refractivity contribution >= 4 is 12.0 Å². The Morgan fingerprint density at radius 2 is 1.93 bits per heavy atom. The van der Waals surface area contributed by atoms with Crippen molar-refractivity contribution in [2.75, 3.05) is 0 Å². The van der Waals surface area contributed by atoms with Crippen LogP contribution in [0.15, 0.2) is 23.4 Å². The van der Waals surface area contributed by atoms with E-state index < -0.39 is 17.4 Å². The van der Waals surface area contributed by atoms with Crippen molar-refractivity contribution < 1.29 is 18.0 Å². The Morgan fingerprint density at radius 1 is 1.29 bits per heavy atom. The van der Waals surface area contributed by atoms with E-state index in [1.807, 2.05) is 0 Å². The molecule has 0 spiro atoms. The van der Waals surface area contributed by atoms with Gasteiger partial charge in [0.15, 0.2) is 6.29 Å². The van der Waals surface area contributed by atoms with Gasteiger partial charge in [0.05, 0.1) is 5.56 Å². The van der Waals surface area contributed by atoms with Gasteiger partial charge in [-0.1, -0.05) is 0 Å². The van der Waals surface area contributed by atoms with E-state index in [1.54, 1.807) is 0 Å². The molecule has 0 saturated carbocycles. The maximum atomic E-state index is 12.1. The lowest BCUT2D eigenvalue weighted by Gasteiger charge is -2.06. The second kappa shape index (κ2) is 3.57. The molecular formula is C8H4F3NO2. The fourth-order valence-corrected chi connectivity index (χ4v) is 0.899. The van der Waals surface area contributed by atoms with E-state index in [1.165, 1.54) is 0 Å². The molecule has 3 nitrogen and oxygen atoms in total. The number of carbonyl (C=O) groups excluding carboxylic acids is 1. The van der Waals surface area contributed by atoms with Crippen molar-refractivity contribution in [3.63, 3.8) is 0 Å². The van der Waals surface area contributed by atoms with Crippen molar-refractivity contribution in [3.8, 4) is 0 Å². The van der Waals surface area contributed by atoms with Crippen LogP contribution in [-0.2, 0) is 6.18 Å². The maximum absolute atomic E-state index is 12.1. The zero-order valence-corrected chi connectivity index (χ0v) is 6.71. The third-order valence-electron chi connectivity index (χ3n) is 1.58. The number of nitrogens with zero attached hydrogens (tertiary/aromatic N) is 1. The number of alkyl halides is 3. The van der Waals surface area contributed by atoms with Gasteiger partial charge < -0.3 is 0 Å². The number of carbonyl (C=O) groups is 1. The highest BCUT2D eigenvalue weighted by atomic mass is 19.4. The van der Waals surface area contributed by atoms with Gasteiger partial charge in [-0.05, 0) is 23.4 Å². The summed E-state index contributed by atoms with van der Waals surface area (Å²) < 4.78 is 36.3. The summed E-state index contributed by atoms with van der Waals surface area (Å²) in [5.41, 5.74) is -1.67. The Bertz CT molecular complexity index is 373. The van der Waals surface area contributed by atoms with E-state index >= 15 is 0 Å². The van der Waals surface area contributed by atoms with Gasteiger partial charge in [0.1, 0.15) is 5.69 Å². The average molecular weight is 203 g/mol. The standard InChI is InChI=1S/C8H4F3NO2/c9-8(10,11)6-2-1-5(4-13)7(3-6)12-14/h1-4H. The third kappa shape index (κ3) is 1.95. The van der Waals surface area contributed by atoms with Crippen LogP contribution in [0.2, 0.25) is 0 Å². The lowest BCUT2D eigenvalue weighted by molar-refractivity contribution is -0.137. The molecule has 0 aliphatic carbocycles. The summed E-state index contributed by atoms with van der Waals surface area (Å²) >= 11 is 0. The van der Waals surface area contributed by atoms with Gasteiger partial charge in [0.25, 0.3) is 0 Å². The minimum atomic E-state index is -4.54. The second-order valence-electron chi connectivity index (χ2n) is 2.48. The van der Waals surface area contributed by atoms with Crippen LogP contribution >= 0.6 is 0 Å². The predicted molar refractivity (Wildman–Crippen MR) is 42.3 cm³/mol. The van der Waals surface area contributed by atoms with Crippen LogP contribution in [0.3, 0.4) is 0 Å². The molecular weight excluding hydrogens is 199 g/mol. The van der Waals surface area contributed by atoms with Gasteiger partial charge >= 0.3 is 6.18 Å². The van der Waals surface area contributed by atoms with Gasteiger partial charge in [0.2, 0.25) is 0 Å². The van der Waals surface area contributed by atoms with E-state index in [9.17, 15) is 22.9 Å². The molecule has 0 atom stereocenters. The van der Waals surface area contributed by atoms with Crippen LogP contribution in [0.5, 0.6) is 0 Å². The molecule has 1 aromatic carbocycles. The monoisotopic (exact) mass is 203 g/mol. The third-order valence-corrected chi connectivity index (χ3v) is 1.58. The SMILES string of the molecule is O=Cc1ccc(C(F)(F)F)cc1N=O. The lowest BCUT2D eigenvalue weighted by Crippen LogP contribution is -2.04. The van der Waals surface area contributed by atoms with Gasteiger partial charge in [-0.25, -0.2) is 0 Å². The first-order chi connectivity index (χ1) is 6.49. The van der Waals surface area contributed by atoms with E-state index in [0.29, 0.717) is 6.07 Å². The molecule has 0 aromatic heterocycles. The number of rotatable bonds is 2. The van der Waals surface area contributed by atoms with E-state index in [-0.39, 0.29) is 11.8 Å². The quantitative estimate of drug-likeness (QED) is 0.548. The van der Waals surface area contributed by atoms with Gasteiger partial charge in [0, 0.05) is 5.56 Å². The molecule has 1 aromatic rings. The normalized spacial score (nSPS) is 11.1. The average Bonchev–Trinajstić information content (AvgIpc) is 2.15. The van der Waals surface area contributed by atoms with Crippen molar-refractivity contribution in [1.29, 1.82) is 0 Å². The fourth-order valence-electron chi connectivity index (χ4n) is 0.899. The largest absolute Gasteiger partial charge is 0.416 e. The molecule has 0 unspecified atom stereocenters. The summed E-state index contributed by atoms with van der Waals surface area (Å²) in [6, 6.07) is 2.17. The molecule has 14 heavy (non-hydrogen) atoms. The van der Waals surface area contributed by atoms with Crippen molar-refractivity contribution in [2.45, 2.75) is 6.18 Å². The number of benzene rings is 1. The number of aldehydes is 1. The first-order valence-corrected chi connectivity index (χ1v) is 3.49. The molecule has 6 heteroatoms. The summed E-state index contributed by atoms with van der Waals surface area (Å²) in [5.74, 6) is 0. The highest BCUT2D eigenvalue weighted by Crippen LogP contribution is 2.32. The first kappa shape index (κ1) is 10.4. The van der Waals surface area contributed by atoms with Gasteiger partial charge in [-0.2, -0.15) is 13.2 Å². The van der Waals surface area contributed by atoms with Crippen LogP contribution in [0, 0.1) is 4.91 Å². The van der Waals surface area contributed by atoms with E-state index in [0.717, 1.165) is 12.1 Å². The summed E-state index contributed by atoms with van der Waals surface area (Å²) in [6.45, 7) is 0. The molecule has 74 valence electrons. The number of nitroso groups, excluding NO2 is 1. The Balaban J connectivity index is 3.27. The zero-order valence-electron chi connectivity index (χ0n) is 6.71. The predicted octanol–water partition coefficient (Wildman–Crippen LogP) is 2.92. The molecule has 0 heterocycles. The van der Waals surface area contributed by atoms with Crippen molar-refractivity contribution in [1.82, 2.24) is 0 Å². The van der Waals surface area contributed by atoms with Crippen LogP contribution in [0.25, 0.3) is 0 Å². The van der Waals surface area contributed by atoms with Crippen molar-refractivity contribution in [3.05, 3.63) is 34.2 Å². The Hall–Kier alpha value is -1.72. The first-order valence-electron chi connectivity index (χ1n) is 3.49. The van der Waals surface area contributed by atoms with Crippen LogP contribution in [0.1, 0.15) is 15.9 Å². The highest BCUT2D eigenvalue weighted by Gasteiger charge is 2.31. The molecule has 0 fully saturated rings. The molecule has 0 N–H and O–H groups in total. The summed E-state index contributed by atoms with van der Waals surface area (Å²) in [4.78, 5) is 20.4. The van der Waals surface area contributed by atoms with Crippen LogP contribution < -0.4 is 0 Å². The van der Waals surface area contributed by atoms with E-state index in [2.05, 4.69) is 5.18 Å². The summed E-state index contributed by atoms with van der Waals surface area (Å²) in [7, 11) is 0. The van der Waals surface area contributed by atoms with E-state index in [4.69, 9.17) is 0 Å². The van der Waals surface area contributed by atoms with Crippen LogP contribution in [0.4, 0.5) is 18.9 Å². The second-order valence-corrected chi connectivity index (χ2v) is 2.48. The number of hydrogen-bond acceptors (Lipinski definition) is 3. The molecule has 0 aliphatic rings. The smallest absolute Gasteiger partial charge is 0.298 e. The molecule has 0 saturated heterocycles. The Kier molecular flexibility index (Phi) is 2.64. The van der Waals surface area contributed by atoms with Gasteiger partial charge in [-0.15, -0.1) is 4.91 Å². The topological polar surface area (TPSA) is 46.5 Å². The minimum absolute atomic E-state index is 0.159. The van der Waals surface area contributed by atoms with Crippen molar-refractivity contribution in [2.24, 2.45) is 5.18 Å². The molecule has 0 bridgehead atoms. The lowest BCUT2D eigenvalue weighted by atomic mass is 10.1. The Labute approximate surface area is 76.5 Å². The highest BCUT2D eigenvalue weighted by molar-refractivity contribution is 5.83. The molecule has 1 rings (SSSR count). The summed E-state index contributed by atoms with van der Waals surface area (Å²) in [5, 5.41) is 2.33. The fraction of sp³-hybridized carbons (Fsp3) is 0.125. The summed E-state index contributed by atoms with van der Waals surface area (Å²) in [6.07, 6.45) is -4.27. The molecule has 0 radical (unpaired) electrons. The van der Waals surface area contributed by atoms with Crippen LogP contribution in [-0.4, -0.2) is 6.29 Å². The molecule has 0 amide bonds. The minimum Gasteiger partial charge on any atom is -0.298 e. The number of halogens is 3. The maximum Gasteiger partial charge on any atom is 0.416 e. The zero-order chi connectivity index (χ0) is 10.8. The van der Waals surface area contributed by atoms with Gasteiger partial charge in [-0.3, -0.25) is 4.79 Å². The Morgan fingerprint density at radius 3 is 2.36 bits per heavy atom. The number of hydrogen-bond donors (Lipinski definition) is 0. The molecule has 0 aliphatic heterocycles.